The summed E-state index contributed by atoms with van der Waals surface area (Å²) >= 11 is 0. The number of carbonyl (C=O) groups is 3. The zero-order valence-corrected chi connectivity index (χ0v) is 43.4. The van der Waals surface area contributed by atoms with E-state index in [4.69, 9.17) is 14.2 Å². The van der Waals surface area contributed by atoms with Crippen LogP contribution in [0.3, 0.4) is 0 Å². The number of rotatable bonds is 48. The fraction of sp³-hybridized carbons (Fsp3) is 0.656. The molecule has 0 radical (unpaired) electrons. The van der Waals surface area contributed by atoms with Crippen LogP contribution in [-0.2, 0) is 28.6 Å². The number of ether oxygens (including phenoxy) is 3. The van der Waals surface area contributed by atoms with E-state index < -0.39 is 6.10 Å². The Morgan fingerprint density at radius 2 is 0.582 bits per heavy atom. The van der Waals surface area contributed by atoms with Crippen molar-refractivity contribution < 1.29 is 28.6 Å². The molecule has 0 bridgehead atoms. The second-order valence-electron chi connectivity index (χ2n) is 17.7. The SMILES string of the molecule is CC/C=C\C/C=C\C/C=C\C/C=C\C/C=C\C/C=C\C/C=C\CCCCCCCC(=O)OCC(COC(=O)CCCCCCC/C=C\CCCC)OC(=O)CCCCCCC/C=C\CCCC. The fourth-order valence-corrected chi connectivity index (χ4v) is 7.09. The van der Waals surface area contributed by atoms with E-state index in [1.807, 2.05) is 0 Å². The van der Waals surface area contributed by atoms with Crippen molar-refractivity contribution in [3.05, 3.63) is 109 Å². The lowest BCUT2D eigenvalue weighted by atomic mass is 10.1. The van der Waals surface area contributed by atoms with Crippen LogP contribution in [0.4, 0.5) is 0 Å². The summed E-state index contributed by atoms with van der Waals surface area (Å²) in [4.78, 5) is 37.9. The summed E-state index contributed by atoms with van der Waals surface area (Å²) < 4.78 is 16.8. The number of unbranched alkanes of at least 4 members (excludes halogenated alkanes) is 19. The molecule has 380 valence electrons. The molecule has 0 spiro atoms. The van der Waals surface area contributed by atoms with Crippen LogP contribution in [0.1, 0.15) is 239 Å². The van der Waals surface area contributed by atoms with Crippen molar-refractivity contribution in [1.29, 1.82) is 0 Å². The normalized spacial score (nSPS) is 12.9. The molecule has 6 heteroatoms. The Morgan fingerprint density at radius 3 is 0.925 bits per heavy atom. The molecule has 6 nitrogen and oxygen atoms in total. The maximum atomic E-state index is 12.8. The topological polar surface area (TPSA) is 78.9 Å². The molecule has 67 heavy (non-hydrogen) atoms. The van der Waals surface area contributed by atoms with Gasteiger partial charge in [0.1, 0.15) is 13.2 Å². The first kappa shape index (κ1) is 63.1. The average molecular weight is 929 g/mol. The summed E-state index contributed by atoms with van der Waals surface area (Å²) in [7, 11) is 0. The Balaban J connectivity index is 4.31. The van der Waals surface area contributed by atoms with E-state index in [1.54, 1.807) is 0 Å². The van der Waals surface area contributed by atoms with E-state index >= 15 is 0 Å². The molecule has 0 heterocycles. The first-order valence-corrected chi connectivity index (χ1v) is 27.4. The third-order valence-corrected chi connectivity index (χ3v) is 11.2. The number of esters is 3. The van der Waals surface area contributed by atoms with Crippen molar-refractivity contribution in [1.82, 2.24) is 0 Å². The smallest absolute Gasteiger partial charge is 0.306 e. The van der Waals surface area contributed by atoms with Crippen LogP contribution in [0.25, 0.3) is 0 Å². The molecular weight excluding hydrogens is 829 g/mol. The molecule has 0 aromatic rings. The molecule has 0 saturated carbocycles. The summed E-state index contributed by atoms with van der Waals surface area (Å²) in [5.41, 5.74) is 0. The summed E-state index contributed by atoms with van der Waals surface area (Å²) in [5, 5.41) is 0. The van der Waals surface area contributed by atoms with Gasteiger partial charge in [-0.1, -0.05) is 214 Å². The maximum absolute atomic E-state index is 12.8. The molecule has 0 aliphatic heterocycles. The Labute approximate surface area is 412 Å². The highest BCUT2D eigenvalue weighted by Gasteiger charge is 2.19. The van der Waals surface area contributed by atoms with Crippen LogP contribution in [-0.4, -0.2) is 37.2 Å². The van der Waals surface area contributed by atoms with E-state index in [0.717, 1.165) is 148 Å². The summed E-state index contributed by atoms with van der Waals surface area (Å²) in [6, 6.07) is 0. The predicted octanol–water partition coefficient (Wildman–Crippen LogP) is 18.3. The fourth-order valence-electron chi connectivity index (χ4n) is 7.09. The number of hydrogen-bond acceptors (Lipinski definition) is 6. The molecule has 0 aliphatic rings. The van der Waals surface area contributed by atoms with Gasteiger partial charge in [0, 0.05) is 19.3 Å². The van der Waals surface area contributed by atoms with E-state index in [2.05, 4.69) is 130 Å². The zero-order chi connectivity index (χ0) is 48.6. The van der Waals surface area contributed by atoms with Gasteiger partial charge in [0.25, 0.3) is 0 Å². The first-order chi connectivity index (χ1) is 33.0. The van der Waals surface area contributed by atoms with Crippen LogP contribution in [0.15, 0.2) is 109 Å². The Morgan fingerprint density at radius 1 is 0.313 bits per heavy atom. The average Bonchev–Trinajstić information content (AvgIpc) is 3.33. The molecule has 0 fully saturated rings. The van der Waals surface area contributed by atoms with Crippen molar-refractivity contribution >= 4 is 17.9 Å². The highest BCUT2D eigenvalue weighted by molar-refractivity contribution is 5.71. The Bertz CT molecular complexity index is 1390. The number of hydrogen-bond donors (Lipinski definition) is 0. The first-order valence-electron chi connectivity index (χ1n) is 27.4. The second kappa shape index (κ2) is 54.7. The zero-order valence-electron chi connectivity index (χ0n) is 43.4. The third-order valence-electron chi connectivity index (χ3n) is 11.2. The van der Waals surface area contributed by atoms with Gasteiger partial charge in [-0.15, -0.1) is 0 Å². The summed E-state index contributed by atoms with van der Waals surface area (Å²) in [6.45, 7) is 6.40. The van der Waals surface area contributed by atoms with Gasteiger partial charge in [-0.2, -0.15) is 0 Å². The van der Waals surface area contributed by atoms with Gasteiger partial charge < -0.3 is 14.2 Å². The van der Waals surface area contributed by atoms with Crippen molar-refractivity contribution in [3.63, 3.8) is 0 Å². The summed E-state index contributed by atoms with van der Waals surface area (Å²) in [6.07, 6.45) is 73.7. The largest absolute Gasteiger partial charge is 0.462 e. The molecule has 0 rings (SSSR count). The Hall–Kier alpha value is -3.93. The van der Waals surface area contributed by atoms with Crippen LogP contribution in [0.5, 0.6) is 0 Å². The van der Waals surface area contributed by atoms with Crippen LogP contribution < -0.4 is 0 Å². The quantitative estimate of drug-likeness (QED) is 0.0262. The van der Waals surface area contributed by atoms with Gasteiger partial charge in [-0.3, -0.25) is 14.4 Å². The van der Waals surface area contributed by atoms with Gasteiger partial charge in [-0.25, -0.2) is 0 Å². The van der Waals surface area contributed by atoms with Crippen LogP contribution in [0, 0.1) is 0 Å². The second-order valence-corrected chi connectivity index (χ2v) is 17.7. The third kappa shape index (κ3) is 52.9. The molecule has 0 saturated heterocycles. The molecule has 1 unspecified atom stereocenters. The molecule has 0 aliphatic carbocycles. The van der Waals surface area contributed by atoms with Gasteiger partial charge in [0.05, 0.1) is 0 Å². The minimum absolute atomic E-state index is 0.0934. The van der Waals surface area contributed by atoms with Crippen molar-refractivity contribution in [2.24, 2.45) is 0 Å². The maximum Gasteiger partial charge on any atom is 0.306 e. The minimum Gasteiger partial charge on any atom is -0.462 e. The lowest BCUT2D eigenvalue weighted by molar-refractivity contribution is -0.167. The highest BCUT2D eigenvalue weighted by Crippen LogP contribution is 2.13. The molecule has 0 aromatic heterocycles. The summed E-state index contributed by atoms with van der Waals surface area (Å²) in [5.74, 6) is -0.937. The van der Waals surface area contributed by atoms with Gasteiger partial charge in [-0.05, 0) is 116 Å². The van der Waals surface area contributed by atoms with Crippen LogP contribution >= 0.6 is 0 Å². The molecule has 0 aromatic carbocycles. The molecule has 0 N–H and O–H groups in total. The van der Waals surface area contributed by atoms with E-state index in [-0.39, 0.29) is 31.1 Å². The lowest BCUT2D eigenvalue weighted by Gasteiger charge is -2.18. The van der Waals surface area contributed by atoms with E-state index in [1.165, 1.54) is 51.4 Å². The standard InChI is InChI=1S/C61H100O6/c1-4-7-10-13-16-19-22-23-24-25-26-27-28-29-30-31-32-33-34-35-36-37-40-42-45-48-51-54-60(63)66-57-58(67-61(64)55-52-49-46-43-39-21-18-15-12-9-6-3)56-65-59(62)53-50-47-44-41-38-20-17-14-11-8-5-2/h7,10,14-19,23-24,26-27,29-30,32-33,35-36,58H,4-6,8-9,11-13,20-22,25,28,31,34,37-57H2,1-3H3/b10-7-,17-14-,18-15-,19-16-,24-23-,27-26-,30-29-,33-32-,36-35-. The Kier molecular flexibility index (Phi) is 51.5. The number of carbonyl (C=O) groups excluding carboxylic acids is 3. The van der Waals surface area contributed by atoms with Gasteiger partial charge >= 0.3 is 17.9 Å². The molecular formula is C61H100O6. The lowest BCUT2D eigenvalue weighted by Crippen LogP contribution is -2.30. The molecule has 0 amide bonds. The van der Waals surface area contributed by atoms with E-state index in [0.29, 0.717) is 19.3 Å². The van der Waals surface area contributed by atoms with Crippen molar-refractivity contribution in [2.75, 3.05) is 13.2 Å². The van der Waals surface area contributed by atoms with Crippen molar-refractivity contribution in [2.45, 2.75) is 245 Å². The van der Waals surface area contributed by atoms with Crippen LogP contribution in [0.2, 0.25) is 0 Å². The highest BCUT2D eigenvalue weighted by atomic mass is 16.6. The van der Waals surface area contributed by atoms with Gasteiger partial charge in [0.15, 0.2) is 6.10 Å². The van der Waals surface area contributed by atoms with Gasteiger partial charge in [0.2, 0.25) is 0 Å². The minimum atomic E-state index is -0.794. The number of allylic oxidation sites excluding steroid dienone is 18. The monoisotopic (exact) mass is 929 g/mol. The predicted molar refractivity (Wildman–Crippen MR) is 288 cm³/mol. The van der Waals surface area contributed by atoms with Crippen molar-refractivity contribution in [3.8, 4) is 0 Å². The van der Waals surface area contributed by atoms with E-state index in [9.17, 15) is 14.4 Å². The molecule has 1 atom stereocenters.